The Morgan fingerprint density at radius 3 is 2.62 bits per heavy atom. The summed E-state index contributed by atoms with van der Waals surface area (Å²) >= 11 is 0. The lowest BCUT2D eigenvalue weighted by molar-refractivity contribution is -0.182. The maximum Gasteiger partial charge on any atom is 0.192 e. The molecule has 2 unspecified atom stereocenters. The van der Waals surface area contributed by atoms with E-state index in [1.54, 1.807) is 13.2 Å². The zero-order valence-electron chi connectivity index (χ0n) is 8.74. The molecular formula is C11H18O2. The first-order valence-electron chi connectivity index (χ1n) is 4.65. The van der Waals surface area contributed by atoms with Crippen molar-refractivity contribution in [2.24, 2.45) is 11.8 Å². The second-order valence-electron chi connectivity index (χ2n) is 3.97. The van der Waals surface area contributed by atoms with Crippen LogP contribution >= 0.6 is 0 Å². The SMILES string of the molecule is COC1(O)C=C(C)C=CC1C(C)C. The van der Waals surface area contributed by atoms with Crippen molar-refractivity contribution in [2.45, 2.75) is 26.6 Å². The molecule has 74 valence electrons. The molecule has 13 heavy (non-hydrogen) atoms. The number of allylic oxidation sites excluding steroid dienone is 2. The van der Waals surface area contributed by atoms with E-state index in [-0.39, 0.29) is 5.92 Å². The lowest BCUT2D eigenvalue weighted by Crippen LogP contribution is -2.41. The van der Waals surface area contributed by atoms with Gasteiger partial charge in [-0.3, -0.25) is 0 Å². The first-order valence-corrected chi connectivity index (χ1v) is 4.65. The Morgan fingerprint density at radius 1 is 1.54 bits per heavy atom. The highest BCUT2D eigenvalue weighted by Crippen LogP contribution is 2.32. The van der Waals surface area contributed by atoms with Crippen LogP contribution in [0.25, 0.3) is 0 Å². The van der Waals surface area contributed by atoms with Gasteiger partial charge in [-0.05, 0) is 18.9 Å². The molecule has 2 heteroatoms. The second kappa shape index (κ2) is 3.64. The highest BCUT2D eigenvalue weighted by atomic mass is 16.6. The van der Waals surface area contributed by atoms with Crippen molar-refractivity contribution in [1.82, 2.24) is 0 Å². The van der Waals surface area contributed by atoms with Crippen LogP contribution in [0.15, 0.2) is 23.8 Å². The third kappa shape index (κ3) is 2.01. The van der Waals surface area contributed by atoms with Crippen LogP contribution in [0.1, 0.15) is 20.8 Å². The summed E-state index contributed by atoms with van der Waals surface area (Å²) in [6, 6.07) is 0. The Labute approximate surface area is 79.9 Å². The quantitative estimate of drug-likeness (QED) is 0.663. The molecule has 0 bridgehead atoms. The highest BCUT2D eigenvalue weighted by molar-refractivity contribution is 5.27. The van der Waals surface area contributed by atoms with E-state index in [1.165, 1.54) is 0 Å². The van der Waals surface area contributed by atoms with Crippen LogP contribution < -0.4 is 0 Å². The third-order valence-corrected chi connectivity index (χ3v) is 2.52. The molecule has 0 saturated carbocycles. The van der Waals surface area contributed by atoms with Gasteiger partial charge in [-0.1, -0.05) is 31.6 Å². The van der Waals surface area contributed by atoms with Crippen molar-refractivity contribution in [2.75, 3.05) is 7.11 Å². The molecular weight excluding hydrogens is 164 g/mol. The van der Waals surface area contributed by atoms with Crippen LogP contribution in [-0.4, -0.2) is 18.0 Å². The van der Waals surface area contributed by atoms with Crippen molar-refractivity contribution in [3.63, 3.8) is 0 Å². The van der Waals surface area contributed by atoms with E-state index in [9.17, 15) is 5.11 Å². The Morgan fingerprint density at radius 2 is 2.15 bits per heavy atom. The van der Waals surface area contributed by atoms with E-state index in [1.807, 2.05) is 19.1 Å². The van der Waals surface area contributed by atoms with Crippen LogP contribution in [0.2, 0.25) is 0 Å². The summed E-state index contributed by atoms with van der Waals surface area (Å²) in [5, 5.41) is 10.1. The molecule has 0 spiro atoms. The predicted molar refractivity (Wildman–Crippen MR) is 53.2 cm³/mol. The maximum absolute atomic E-state index is 10.1. The minimum absolute atomic E-state index is 0.0428. The Balaban J connectivity index is 2.94. The molecule has 1 aliphatic carbocycles. The van der Waals surface area contributed by atoms with Gasteiger partial charge >= 0.3 is 0 Å². The van der Waals surface area contributed by atoms with Gasteiger partial charge in [-0.2, -0.15) is 0 Å². The number of hydrogen-bond donors (Lipinski definition) is 1. The first kappa shape index (κ1) is 10.5. The van der Waals surface area contributed by atoms with Crippen molar-refractivity contribution < 1.29 is 9.84 Å². The zero-order valence-corrected chi connectivity index (χ0v) is 8.74. The molecule has 0 aliphatic heterocycles. The number of ether oxygens (including phenoxy) is 1. The van der Waals surface area contributed by atoms with E-state index in [0.717, 1.165) is 5.57 Å². The summed E-state index contributed by atoms with van der Waals surface area (Å²) in [6.45, 7) is 6.11. The normalized spacial score (nSPS) is 33.7. The van der Waals surface area contributed by atoms with E-state index in [2.05, 4.69) is 13.8 Å². The topological polar surface area (TPSA) is 29.5 Å². The average molecular weight is 182 g/mol. The number of hydrogen-bond acceptors (Lipinski definition) is 2. The van der Waals surface area contributed by atoms with E-state index < -0.39 is 5.79 Å². The molecule has 2 nitrogen and oxygen atoms in total. The van der Waals surface area contributed by atoms with Crippen LogP contribution in [0.3, 0.4) is 0 Å². The summed E-state index contributed by atoms with van der Waals surface area (Å²) in [5.41, 5.74) is 1.04. The fraction of sp³-hybridized carbons (Fsp3) is 0.636. The molecule has 1 rings (SSSR count). The van der Waals surface area contributed by atoms with Crippen LogP contribution in [-0.2, 0) is 4.74 Å². The monoisotopic (exact) mass is 182 g/mol. The third-order valence-electron chi connectivity index (χ3n) is 2.52. The molecule has 0 amide bonds. The smallest absolute Gasteiger partial charge is 0.192 e. The molecule has 0 radical (unpaired) electrons. The standard InChI is InChI=1S/C11H18O2/c1-8(2)10-6-5-9(3)7-11(10,12)13-4/h5-8,10,12H,1-4H3. The van der Waals surface area contributed by atoms with E-state index in [4.69, 9.17) is 4.74 Å². The van der Waals surface area contributed by atoms with Gasteiger partial charge in [0.2, 0.25) is 0 Å². The second-order valence-corrected chi connectivity index (χ2v) is 3.97. The molecule has 1 N–H and O–H groups in total. The van der Waals surface area contributed by atoms with Gasteiger partial charge in [0.15, 0.2) is 5.79 Å². The van der Waals surface area contributed by atoms with Gasteiger partial charge in [0, 0.05) is 13.0 Å². The zero-order chi connectivity index (χ0) is 10.1. The lowest BCUT2D eigenvalue weighted by Gasteiger charge is -2.35. The summed E-state index contributed by atoms with van der Waals surface area (Å²) in [4.78, 5) is 0. The fourth-order valence-corrected chi connectivity index (χ4v) is 1.76. The molecule has 0 aromatic carbocycles. The minimum atomic E-state index is -1.12. The Bertz CT molecular complexity index is 240. The summed E-state index contributed by atoms with van der Waals surface area (Å²) in [5.74, 6) is -0.709. The summed E-state index contributed by atoms with van der Waals surface area (Å²) in [6.07, 6.45) is 5.82. The molecule has 0 aromatic heterocycles. The van der Waals surface area contributed by atoms with Gasteiger partial charge in [-0.15, -0.1) is 0 Å². The van der Waals surface area contributed by atoms with Gasteiger partial charge < -0.3 is 9.84 Å². The predicted octanol–water partition coefficient (Wildman–Crippen LogP) is 2.11. The van der Waals surface area contributed by atoms with Crippen molar-refractivity contribution in [1.29, 1.82) is 0 Å². The number of methoxy groups -OCH3 is 1. The molecule has 0 saturated heterocycles. The molecule has 0 aromatic rings. The van der Waals surface area contributed by atoms with Gasteiger partial charge in [0.25, 0.3) is 0 Å². The lowest BCUT2D eigenvalue weighted by atomic mass is 9.83. The van der Waals surface area contributed by atoms with E-state index >= 15 is 0 Å². The molecule has 0 heterocycles. The minimum Gasteiger partial charge on any atom is -0.362 e. The van der Waals surface area contributed by atoms with Crippen molar-refractivity contribution in [3.05, 3.63) is 23.8 Å². The van der Waals surface area contributed by atoms with Gasteiger partial charge in [-0.25, -0.2) is 0 Å². The molecule has 0 fully saturated rings. The largest absolute Gasteiger partial charge is 0.362 e. The van der Waals surface area contributed by atoms with Gasteiger partial charge in [0.1, 0.15) is 0 Å². The first-order chi connectivity index (χ1) is 5.99. The molecule has 2 atom stereocenters. The average Bonchev–Trinajstić information content (AvgIpc) is 2.03. The van der Waals surface area contributed by atoms with Crippen LogP contribution in [0.5, 0.6) is 0 Å². The Hall–Kier alpha value is -0.600. The van der Waals surface area contributed by atoms with Crippen molar-refractivity contribution >= 4 is 0 Å². The van der Waals surface area contributed by atoms with Crippen LogP contribution in [0, 0.1) is 11.8 Å². The van der Waals surface area contributed by atoms with Crippen molar-refractivity contribution in [3.8, 4) is 0 Å². The Kier molecular flexibility index (Phi) is 2.94. The maximum atomic E-state index is 10.1. The highest BCUT2D eigenvalue weighted by Gasteiger charge is 2.36. The summed E-state index contributed by atoms with van der Waals surface area (Å²) in [7, 11) is 1.54. The molecule has 1 aliphatic rings. The number of rotatable bonds is 2. The van der Waals surface area contributed by atoms with E-state index in [0.29, 0.717) is 5.92 Å². The van der Waals surface area contributed by atoms with Crippen LogP contribution in [0.4, 0.5) is 0 Å². The van der Waals surface area contributed by atoms with Gasteiger partial charge in [0.05, 0.1) is 0 Å². The summed E-state index contributed by atoms with van der Waals surface area (Å²) < 4.78 is 5.15. The fourth-order valence-electron chi connectivity index (χ4n) is 1.76. The number of aliphatic hydroxyl groups is 1.